The van der Waals surface area contributed by atoms with Crippen molar-refractivity contribution in [3.05, 3.63) is 23.8 Å². The van der Waals surface area contributed by atoms with Crippen molar-refractivity contribution in [2.45, 2.75) is 38.3 Å². The van der Waals surface area contributed by atoms with Crippen LogP contribution in [0.3, 0.4) is 0 Å². The van der Waals surface area contributed by atoms with E-state index in [1.807, 2.05) is 12.4 Å². The molecule has 122 valence electrons. The quantitative estimate of drug-likeness (QED) is 0.833. The second-order valence-corrected chi connectivity index (χ2v) is 6.88. The summed E-state index contributed by atoms with van der Waals surface area (Å²) in [7, 11) is 4.14. The zero-order valence-corrected chi connectivity index (χ0v) is 13.9. The SMILES string of the molecule is CN(C)Cc1cncc([C@H]2CCCN2CC2CCOCC2)n1. The first-order valence-corrected chi connectivity index (χ1v) is 8.49. The highest BCUT2D eigenvalue weighted by atomic mass is 16.5. The fourth-order valence-electron chi connectivity index (χ4n) is 3.62. The molecule has 0 N–H and O–H groups in total. The molecule has 2 aliphatic heterocycles. The van der Waals surface area contributed by atoms with E-state index in [1.54, 1.807) is 0 Å². The first kappa shape index (κ1) is 15.8. The molecule has 0 saturated carbocycles. The molecule has 22 heavy (non-hydrogen) atoms. The minimum Gasteiger partial charge on any atom is -0.381 e. The lowest BCUT2D eigenvalue weighted by atomic mass is 9.99. The lowest BCUT2D eigenvalue weighted by Gasteiger charge is -2.30. The van der Waals surface area contributed by atoms with Gasteiger partial charge in [0, 0.05) is 38.7 Å². The van der Waals surface area contributed by atoms with E-state index in [9.17, 15) is 0 Å². The van der Waals surface area contributed by atoms with E-state index >= 15 is 0 Å². The van der Waals surface area contributed by atoms with Gasteiger partial charge in [0.1, 0.15) is 0 Å². The van der Waals surface area contributed by atoms with Crippen LogP contribution in [-0.4, -0.2) is 60.2 Å². The van der Waals surface area contributed by atoms with Crippen LogP contribution in [0.2, 0.25) is 0 Å². The molecule has 0 spiro atoms. The van der Waals surface area contributed by atoms with Crippen molar-refractivity contribution in [3.63, 3.8) is 0 Å². The monoisotopic (exact) mass is 304 g/mol. The summed E-state index contributed by atoms with van der Waals surface area (Å²) >= 11 is 0. The van der Waals surface area contributed by atoms with Gasteiger partial charge in [0.05, 0.1) is 17.4 Å². The Labute approximate surface area is 133 Å². The summed E-state index contributed by atoms with van der Waals surface area (Å²) in [6.07, 6.45) is 8.75. The van der Waals surface area contributed by atoms with Crippen LogP contribution in [0.1, 0.15) is 43.1 Å². The molecule has 2 aliphatic rings. The second kappa shape index (κ2) is 7.49. The summed E-state index contributed by atoms with van der Waals surface area (Å²) in [5, 5.41) is 0. The smallest absolute Gasteiger partial charge is 0.0762 e. The van der Waals surface area contributed by atoms with Gasteiger partial charge in [0.2, 0.25) is 0 Å². The molecule has 0 unspecified atom stereocenters. The van der Waals surface area contributed by atoms with Gasteiger partial charge in [-0.2, -0.15) is 0 Å². The van der Waals surface area contributed by atoms with Crippen LogP contribution in [0, 0.1) is 5.92 Å². The van der Waals surface area contributed by atoms with Crippen LogP contribution in [0.4, 0.5) is 0 Å². The zero-order chi connectivity index (χ0) is 15.4. The Bertz CT molecular complexity index is 473. The molecule has 0 bridgehead atoms. The summed E-state index contributed by atoms with van der Waals surface area (Å²) < 4.78 is 5.48. The molecule has 2 saturated heterocycles. The summed E-state index contributed by atoms with van der Waals surface area (Å²) in [5.74, 6) is 0.785. The van der Waals surface area contributed by atoms with E-state index in [1.165, 1.54) is 38.8 Å². The Morgan fingerprint density at radius 3 is 2.82 bits per heavy atom. The maximum atomic E-state index is 5.48. The van der Waals surface area contributed by atoms with Gasteiger partial charge >= 0.3 is 0 Å². The molecule has 1 aromatic rings. The van der Waals surface area contributed by atoms with E-state index in [0.717, 1.165) is 37.1 Å². The van der Waals surface area contributed by atoms with E-state index in [0.29, 0.717) is 6.04 Å². The van der Waals surface area contributed by atoms with Gasteiger partial charge in [0.15, 0.2) is 0 Å². The topological polar surface area (TPSA) is 41.5 Å². The van der Waals surface area contributed by atoms with Crippen LogP contribution in [-0.2, 0) is 11.3 Å². The Morgan fingerprint density at radius 2 is 2.05 bits per heavy atom. The Kier molecular flexibility index (Phi) is 5.39. The van der Waals surface area contributed by atoms with Gasteiger partial charge in [0.25, 0.3) is 0 Å². The highest BCUT2D eigenvalue weighted by molar-refractivity contribution is 5.09. The Hall–Kier alpha value is -1.04. The average molecular weight is 304 g/mol. The van der Waals surface area contributed by atoms with Gasteiger partial charge in [-0.3, -0.25) is 14.9 Å². The third-order valence-electron chi connectivity index (χ3n) is 4.72. The molecular formula is C17H28N4O. The molecule has 3 heterocycles. The van der Waals surface area contributed by atoms with Crippen LogP contribution < -0.4 is 0 Å². The molecule has 1 atom stereocenters. The Morgan fingerprint density at radius 1 is 1.23 bits per heavy atom. The lowest BCUT2D eigenvalue weighted by molar-refractivity contribution is 0.0503. The minimum absolute atomic E-state index is 0.456. The molecule has 5 heteroatoms. The summed E-state index contributed by atoms with van der Waals surface area (Å²) in [5.41, 5.74) is 2.23. The molecule has 3 rings (SSSR count). The standard InChI is InChI=1S/C17H28N4O/c1-20(2)13-15-10-18-11-16(19-15)17-4-3-7-21(17)12-14-5-8-22-9-6-14/h10-11,14,17H,3-9,12-13H2,1-2H3/t17-/m1/s1. The maximum absolute atomic E-state index is 5.48. The normalized spacial score (nSPS) is 24.2. The summed E-state index contributed by atoms with van der Waals surface area (Å²) in [4.78, 5) is 14.1. The zero-order valence-electron chi connectivity index (χ0n) is 13.9. The lowest BCUT2D eigenvalue weighted by Crippen LogP contribution is -2.32. The molecule has 0 amide bonds. The van der Waals surface area contributed by atoms with Crippen molar-refractivity contribution in [1.29, 1.82) is 0 Å². The van der Waals surface area contributed by atoms with Gasteiger partial charge in [-0.05, 0) is 52.2 Å². The maximum Gasteiger partial charge on any atom is 0.0762 e. The predicted molar refractivity (Wildman–Crippen MR) is 86.5 cm³/mol. The van der Waals surface area contributed by atoms with E-state index in [-0.39, 0.29) is 0 Å². The summed E-state index contributed by atoms with van der Waals surface area (Å²) in [6.45, 7) is 5.10. The highest BCUT2D eigenvalue weighted by Gasteiger charge is 2.29. The fraction of sp³-hybridized carbons (Fsp3) is 0.765. The predicted octanol–water partition coefficient (Wildman–Crippen LogP) is 2.10. The summed E-state index contributed by atoms with van der Waals surface area (Å²) in [6, 6.07) is 0.456. The van der Waals surface area contributed by atoms with Crippen molar-refractivity contribution in [2.75, 3.05) is 40.4 Å². The van der Waals surface area contributed by atoms with Crippen molar-refractivity contribution in [1.82, 2.24) is 19.8 Å². The van der Waals surface area contributed by atoms with Gasteiger partial charge in [-0.15, -0.1) is 0 Å². The van der Waals surface area contributed by atoms with Crippen LogP contribution >= 0.6 is 0 Å². The third kappa shape index (κ3) is 4.03. The first-order chi connectivity index (χ1) is 10.7. The molecule has 1 aromatic heterocycles. The van der Waals surface area contributed by atoms with Crippen LogP contribution in [0.25, 0.3) is 0 Å². The molecular weight excluding hydrogens is 276 g/mol. The number of hydrogen-bond donors (Lipinski definition) is 0. The van der Waals surface area contributed by atoms with Gasteiger partial charge < -0.3 is 9.64 Å². The number of hydrogen-bond acceptors (Lipinski definition) is 5. The second-order valence-electron chi connectivity index (χ2n) is 6.88. The number of ether oxygens (including phenoxy) is 1. The highest BCUT2D eigenvalue weighted by Crippen LogP contribution is 2.32. The van der Waals surface area contributed by atoms with E-state index < -0.39 is 0 Å². The molecule has 2 fully saturated rings. The fourth-order valence-corrected chi connectivity index (χ4v) is 3.62. The Balaban J connectivity index is 1.66. The average Bonchev–Trinajstić information content (AvgIpc) is 2.96. The minimum atomic E-state index is 0.456. The molecule has 0 aliphatic carbocycles. The first-order valence-electron chi connectivity index (χ1n) is 8.49. The number of likely N-dealkylation sites (tertiary alicyclic amines) is 1. The number of nitrogens with zero attached hydrogens (tertiary/aromatic N) is 4. The largest absolute Gasteiger partial charge is 0.381 e. The van der Waals surface area contributed by atoms with Crippen molar-refractivity contribution >= 4 is 0 Å². The van der Waals surface area contributed by atoms with Gasteiger partial charge in [-0.25, -0.2) is 0 Å². The van der Waals surface area contributed by atoms with E-state index in [4.69, 9.17) is 9.72 Å². The van der Waals surface area contributed by atoms with E-state index in [2.05, 4.69) is 28.9 Å². The van der Waals surface area contributed by atoms with Crippen LogP contribution in [0.5, 0.6) is 0 Å². The molecule has 0 aromatic carbocycles. The van der Waals surface area contributed by atoms with Crippen molar-refractivity contribution in [2.24, 2.45) is 5.92 Å². The van der Waals surface area contributed by atoms with Gasteiger partial charge in [-0.1, -0.05) is 0 Å². The molecule has 0 radical (unpaired) electrons. The number of aromatic nitrogens is 2. The van der Waals surface area contributed by atoms with Crippen molar-refractivity contribution < 1.29 is 4.74 Å². The number of rotatable bonds is 5. The molecule has 5 nitrogen and oxygen atoms in total. The van der Waals surface area contributed by atoms with Crippen molar-refractivity contribution in [3.8, 4) is 0 Å². The third-order valence-corrected chi connectivity index (χ3v) is 4.72. The van der Waals surface area contributed by atoms with Crippen LogP contribution in [0.15, 0.2) is 12.4 Å².